The average molecular weight is 493 g/mol. The van der Waals surface area contributed by atoms with Gasteiger partial charge in [0, 0.05) is 17.2 Å². The van der Waals surface area contributed by atoms with Crippen LogP contribution >= 0.6 is 11.8 Å². The third-order valence-electron chi connectivity index (χ3n) is 6.14. The molecule has 6 aromatic rings. The van der Waals surface area contributed by atoms with E-state index in [1.807, 2.05) is 78.9 Å². The molecule has 2 heterocycles. The Morgan fingerprint density at radius 2 is 1.64 bits per heavy atom. The zero-order valence-electron chi connectivity index (χ0n) is 19.3. The maximum Gasteiger partial charge on any atom is 0.336 e. The van der Waals surface area contributed by atoms with Crippen LogP contribution in [0.25, 0.3) is 38.3 Å². The largest absolute Gasteiger partial charge is 0.495 e. The van der Waals surface area contributed by atoms with Crippen molar-refractivity contribution in [1.29, 1.82) is 0 Å². The molecule has 0 atom stereocenters. The lowest BCUT2D eigenvalue weighted by molar-refractivity contribution is 0.411. The molecule has 176 valence electrons. The van der Waals surface area contributed by atoms with Gasteiger partial charge in [0.15, 0.2) is 5.16 Å². The minimum atomic E-state index is -0.415. The summed E-state index contributed by atoms with van der Waals surface area (Å²) in [5.74, 6) is 0.978. The molecule has 4 aromatic carbocycles. The molecule has 0 saturated carbocycles. The SMILES string of the molecule is COc1ccccc1-n1c(SCc2cc(=O)oc3ccc4ccccc4c23)nc2ccccc2c1=O. The van der Waals surface area contributed by atoms with E-state index in [1.165, 1.54) is 17.8 Å². The molecule has 7 heteroatoms. The molecule has 2 aromatic heterocycles. The number of hydrogen-bond acceptors (Lipinski definition) is 6. The van der Waals surface area contributed by atoms with Crippen molar-refractivity contribution in [3.8, 4) is 11.4 Å². The molecule has 36 heavy (non-hydrogen) atoms. The van der Waals surface area contributed by atoms with Crippen molar-refractivity contribution < 1.29 is 9.15 Å². The van der Waals surface area contributed by atoms with Crippen molar-refractivity contribution in [2.24, 2.45) is 0 Å². The third kappa shape index (κ3) is 3.74. The molecule has 0 aliphatic carbocycles. The highest BCUT2D eigenvalue weighted by Gasteiger charge is 2.18. The predicted octanol–water partition coefficient (Wildman–Crippen LogP) is 5.95. The van der Waals surface area contributed by atoms with Crippen LogP contribution in [0.3, 0.4) is 0 Å². The van der Waals surface area contributed by atoms with Gasteiger partial charge < -0.3 is 9.15 Å². The zero-order chi connectivity index (χ0) is 24.6. The Labute approximate surface area is 209 Å². The fraction of sp³-hybridized carbons (Fsp3) is 0.0690. The van der Waals surface area contributed by atoms with E-state index in [9.17, 15) is 9.59 Å². The van der Waals surface area contributed by atoms with E-state index in [2.05, 4.69) is 0 Å². The number of thioether (sulfide) groups is 1. The van der Waals surface area contributed by atoms with Crippen LogP contribution in [0, 0.1) is 0 Å². The van der Waals surface area contributed by atoms with Crippen LogP contribution in [0.4, 0.5) is 0 Å². The van der Waals surface area contributed by atoms with Gasteiger partial charge in [-0.3, -0.25) is 9.36 Å². The molecule has 0 radical (unpaired) electrons. The summed E-state index contributed by atoms with van der Waals surface area (Å²) >= 11 is 1.39. The Morgan fingerprint density at radius 3 is 2.50 bits per heavy atom. The number of methoxy groups -OCH3 is 1. The van der Waals surface area contributed by atoms with Gasteiger partial charge in [-0.2, -0.15) is 0 Å². The van der Waals surface area contributed by atoms with E-state index in [0.29, 0.717) is 38.8 Å². The fourth-order valence-electron chi connectivity index (χ4n) is 4.51. The molecule has 0 amide bonds. The van der Waals surface area contributed by atoms with Gasteiger partial charge in [0.25, 0.3) is 5.56 Å². The maximum atomic E-state index is 13.7. The monoisotopic (exact) mass is 492 g/mol. The number of nitrogens with zero attached hydrogens (tertiary/aromatic N) is 2. The van der Waals surface area contributed by atoms with Crippen molar-refractivity contribution >= 4 is 44.4 Å². The van der Waals surface area contributed by atoms with Crippen molar-refractivity contribution in [3.63, 3.8) is 0 Å². The maximum absolute atomic E-state index is 13.7. The second-order valence-corrected chi connectivity index (χ2v) is 9.21. The quantitative estimate of drug-likeness (QED) is 0.128. The highest BCUT2D eigenvalue weighted by Crippen LogP contribution is 2.33. The zero-order valence-corrected chi connectivity index (χ0v) is 20.1. The first-order chi connectivity index (χ1) is 17.6. The Kier molecular flexibility index (Phi) is 5.54. The summed E-state index contributed by atoms with van der Waals surface area (Å²) in [6.07, 6.45) is 0. The van der Waals surface area contributed by atoms with E-state index in [4.69, 9.17) is 14.1 Å². The number of aromatic nitrogens is 2. The molecule has 0 fully saturated rings. The Morgan fingerprint density at radius 1 is 0.889 bits per heavy atom. The lowest BCUT2D eigenvalue weighted by atomic mass is 10.0. The van der Waals surface area contributed by atoms with E-state index in [0.717, 1.165) is 21.7 Å². The van der Waals surface area contributed by atoms with Crippen molar-refractivity contribution in [2.45, 2.75) is 10.9 Å². The topological polar surface area (TPSA) is 74.3 Å². The molecular formula is C29H20N2O4S. The number of ether oxygens (including phenoxy) is 1. The van der Waals surface area contributed by atoms with Gasteiger partial charge in [-0.05, 0) is 46.7 Å². The summed E-state index contributed by atoms with van der Waals surface area (Å²) in [7, 11) is 1.58. The smallest absolute Gasteiger partial charge is 0.336 e. The van der Waals surface area contributed by atoms with E-state index in [1.54, 1.807) is 17.7 Å². The molecule has 0 aliphatic rings. The second kappa shape index (κ2) is 9.02. The summed E-state index contributed by atoms with van der Waals surface area (Å²) < 4.78 is 12.6. The van der Waals surface area contributed by atoms with Crippen LogP contribution in [-0.2, 0) is 5.75 Å². The second-order valence-electron chi connectivity index (χ2n) is 8.26. The molecule has 0 unspecified atom stereocenters. The lowest BCUT2D eigenvalue weighted by Crippen LogP contribution is -2.22. The first-order valence-electron chi connectivity index (χ1n) is 11.4. The lowest BCUT2D eigenvalue weighted by Gasteiger charge is -2.16. The molecular weight excluding hydrogens is 472 g/mol. The number of para-hydroxylation sites is 3. The average Bonchev–Trinajstić information content (AvgIpc) is 2.91. The number of fused-ring (bicyclic) bond motifs is 4. The number of benzene rings is 4. The molecule has 0 bridgehead atoms. The number of hydrogen-bond donors (Lipinski definition) is 0. The molecule has 0 aliphatic heterocycles. The van der Waals surface area contributed by atoms with Gasteiger partial charge in [-0.15, -0.1) is 0 Å². The van der Waals surface area contributed by atoms with E-state index in [-0.39, 0.29) is 5.56 Å². The first-order valence-corrected chi connectivity index (χ1v) is 12.3. The standard InChI is InChI=1S/C29H20N2O4S/c1-34-24-13-7-6-12-23(24)31-28(33)21-10-4-5-11-22(21)30-29(31)36-17-19-16-26(32)35-25-15-14-18-8-2-3-9-20(18)27(19)25/h2-16H,17H2,1H3. The molecule has 0 N–H and O–H groups in total. The van der Waals surface area contributed by atoms with Gasteiger partial charge in [0.2, 0.25) is 0 Å². The van der Waals surface area contributed by atoms with Crippen LogP contribution in [-0.4, -0.2) is 16.7 Å². The molecule has 0 saturated heterocycles. The molecule has 0 spiro atoms. The normalized spacial score (nSPS) is 11.4. The molecule has 6 rings (SSSR count). The van der Waals surface area contributed by atoms with Crippen LogP contribution in [0.1, 0.15) is 5.56 Å². The highest BCUT2D eigenvalue weighted by molar-refractivity contribution is 7.98. The van der Waals surface area contributed by atoms with Crippen LogP contribution in [0.15, 0.2) is 110 Å². The van der Waals surface area contributed by atoms with Crippen LogP contribution < -0.4 is 15.9 Å². The summed E-state index contributed by atoms with van der Waals surface area (Å²) in [4.78, 5) is 30.9. The van der Waals surface area contributed by atoms with Crippen molar-refractivity contribution in [2.75, 3.05) is 7.11 Å². The Balaban J connectivity index is 1.54. The fourth-order valence-corrected chi connectivity index (χ4v) is 5.50. The Hall–Kier alpha value is -4.36. The minimum absolute atomic E-state index is 0.185. The summed E-state index contributed by atoms with van der Waals surface area (Å²) in [5, 5.41) is 3.96. The van der Waals surface area contributed by atoms with Gasteiger partial charge in [0.05, 0.1) is 23.7 Å². The number of rotatable bonds is 5. The summed E-state index contributed by atoms with van der Waals surface area (Å²) in [5.41, 5.74) is 1.97. The predicted molar refractivity (Wildman–Crippen MR) is 143 cm³/mol. The van der Waals surface area contributed by atoms with Crippen LogP contribution in [0.5, 0.6) is 5.75 Å². The first kappa shape index (κ1) is 22.1. The third-order valence-corrected chi connectivity index (χ3v) is 7.13. The molecule has 6 nitrogen and oxygen atoms in total. The van der Waals surface area contributed by atoms with E-state index >= 15 is 0 Å². The summed E-state index contributed by atoms with van der Waals surface area (Å²) in [6, 6.07) is 27.9. The minimum Gasteiger partial charge on any atom is -0.495 e. The Bertz CT molecular complexity index is 1890. The van der Waals surface area contributed by atoms with Gasteiger partial charge >= 0.3 is 5.63 Å². The summed E-state index contributed by atoms with van der Waals surface area (Å²) in [6.45, 7) is 0. The van der Waals surface area contributed by atoms with Crippen molar-refractivity contribution in [1.82, 2.24) is 9.55 Å². The highest BCUT2D eigenvalue weighted by atomic mass is 32.2. The van der Waals surface area contributed by atoms with Gasteiger partial charge in [0.1, 0.15) is 11.3 Å². The van der Waals surface area contributed by atoms with Crippen molar-refractivity contribution in [3.05, 3.63) is 117 Å². The van der Waals surface area contributed by atoms with Crippen LogP contribution in [0.2, 0.25) is 0 Å². The van der Waals surface area contributed by atoms with Gasteiger partial charge in [-0.25, -0.2) is 9.78 Å². The van der Waals surface area contributed by atoms with E-state index < -0.39 is 5.63 Å². The van der Waals surface area contributed by atoms with Gasteiger partial charge in [-0.1, -0.05) is 66.4 Å².